The van der Waals surface area contributed by atoms with Gasteiger partial charge in [0.15, 0.2) is 0 Å². The number of hydrogen-bond donors (Lipinski definition) is 0. The average Bonchev–Trinajstić information content (AvgIpc) is 2.30. The van der Waals surface area contributed by atoms with Gasteiger partial charge in [0, 0.05) is 0 Å². The molecule has 0 bridgehead atoms. The standard InChI is InChI=1S/C12H16OSe/c13-14(11-7-3-1-4-8-11)12-9-5-2-6-10-12/h1,3-4,7-8,12H,2,5-6,9-10H2. The van der Waals surface area contributed by atoms with Crippen molar-refractivity contribution >= 4 is 18.3 Å². The van der Waals surface area contributed by atoms with Crippen molar-refractivity contribution in [1.29, 1.82) is 0 Å². The van der Waals surface area contributed by atoms with Crippen LogP contribution in [0.15, 0.2) is 30.3 Å². The number of rotatable bonds is 2. The Morgan fingerprint density at radius 3 is 2.29 bits per heavy atom. The molecule has 1 aliphatic rings. The molecule has 0 amide bonds. The van der Waals surface area contributed by atoms with Gasteiger partial charge in [0.2, 0.25) is 0 Å². The first-order valence-corrected chi connectivity index (χ1v) is 7.88. The van der Waals surface area contributed by atoms with Gasteiger partial charge < -0.3 is 0 Å². The van der Waals surface area contributed by atoms with E-state index in [1.54, 1.807) is 0 Å². The molecular weight excluding hydrogens is 239 g/mol. The van der Waals surface area contributed by atoms with Crippen molar-refractivity contribution in [2.24, 2.45) is 0 Å². The third-order valence-electron chi connectivity index (χ3n) is 2.83. The SMILES string of the molecule is O=[Se](c1ccccc1)C1CCCCC1. The van der Waals surface area contributed by atoms with Crippen molar-refractivity contribution < 1.29 is 3.83 Å². The normalized spacial score (nSPS) is 20.6. The minimum absolute atomic E-state index is 0.506. The third-order valence-corrected chi connectivity index (χ3v) is 6.64. The zero-order valence-corrected chi connectivity index (χ0v) is 10.0. The van der Waals surface area contributed by atoms with Gasteiger partial charge in [-0.25, -0.2) is 0 Å². The van der Waals surface area contributed by atoms with Gasteiger partial charge in [-0.15, -0.1) is 0 Å². The van der Waals surface area contributed by atoms with Crippen molar-refractivity contribution in [1.82, 2.24) is 0 Å². The van der Waals surface area contributed by atoms with E-state index in [1.165, 1.54) is 32.1 Å². The molecule has 0 aliphatic heterocycles. The molecule has 1 aromatic carbocycles. The molecule has 1 atom stereocenters. The van der Waals surface area contributed by atoms with Gasteiger partial charge in [0.25, 0.3) is 0 Å². The van der Waals surface area contributed by atoms with Crippen molar-refractivity contribution in [3.63, 3.8) is 0 Å². The average molecular weight is 255 g/mol. The first-order valence-electron chi connectivity index (χ1n) is 5.33. The number of hydrogen-bond acceptors (Lipinski definition) is 1. The van der Waals surface area contributed by atoms with Crippen LogP contribution >= 0.6 is 0 Å². The van der Waals surface area contributed by atoms with Crippen molar-refractivity contribution in [3.8, 4) is 0 Å². The third kappa shape index (κ3) is 2.31. The Balaban J connectivity index is 2.07. The molecule has 0 aromatic heterocycles. The zero-order chi connectivity index (χ0) is 9.80. The fourth-order valence-corrected chi connectivity index (χ4v) is 5.32. The van der Waals surface area contributed by atoms with Crippen LogP contribution in [0.1, 0.15) is 32.1 Å². The Morgan fingerprint density at radius 1 is 1.00 bits per heavy atom. The molecule has 2 heteroatoms. The van der Waals surface area contributed by atoms with Crippen molar-refractivity contribution in [2.45, 2.75) is 36.9 Å². The quantitative estimate of drug-likeness (QED) is 0.742. The molecule has 1 aliphatic carbocycles. The summed E-state index contributed by atoms with van der Waals surface area (Å²) >= 11 is -1.75. The van der Waals surface area contributed by atoms with Crippen LogP contribution < -0.4 is 4.46 Å². The van der Waals surface area contributed by atoms with Gasteiger partial charge in [-0.1, -0.05) is 0 Å². The van der Waals surface area contributed by atoms with Crippen LogP contribution in [0.3, 0.4) is 0 Å². The van der Waals surface area contributed by atoms with Crippen molar-refractivity contribution in [3.05, 3.63) is 30.3 Å². The molecule has 1 aromatic rings. The fraction of sp³-hybridized carbons (Fsp3) is 0.500. The topological polar surface area (TPSA) is 17.1 Å². The molecule has 0 heterocycles. The molecule has 0 spiro atoms. The second-order valence-electron chi connectivity index (χ2n) is 3.87. The van der Waals surface area contributed by atoms with E-state index >= 15 is 0 Å². The molecule has 0 saturated heterocycles. The van der Waals surface area contributed by atoms with Crippen LogP contribution in [0, 0.1) is 0 Å². The van der Waals surface area contributed by atoms with Crippen LogP contribution in [-0.2, 0) is 3.83 Å². The second-order valence-corrected chi connectivity index (χ2v) is 7.51. The molecule has 1 unspecified atom stereocenters. The van der Waals surface area contributed by atoms with Crippen molar-refractivity contribution in [2.75, 3.05) is 0 Å². The molecule has 14 heavy (non-hydrogen) atoms. The number of benzene rings is 1. The van der Waals surface area contributed by atoms with E-state index in [4.69, 9.17) is 0 Å². The Kier molecular flexibility index (Phi) is 3.49. The Hall–Kier alpha value is -0.461. The molecule has 1 nitrogen and oxygen atoms in total. The molecule has 76 valence electrons. The van der Waals surface area contributed by atoms with Gasteiger partial charge in [0.05, 0.1) is 0 Å². The van der Waals surface area contributed by atoms with Gasteiger partial charge in [-0.3, -0.25) is 0 Å². The fourth-order valence-electron chi connectivity index (χ4n) is 2.03. The summed E-state index contributed by atoms with van der Waals surface area (Å²) in [6, 6.07) is 10.0. The molecule has 0 N–H and O–H groups in total. The van der Waals surface area contributed by atoms with Gasteiger partial charge in [-0.05, 0) is 0 Å². The first kappa shape index (κ1) is 10.1. The van der Waals surface area contributed by atoms with Crippen LogP contribution in [0.25, 0.3) is 0 Å². The van der Waals surface area contributed by atoms with Gasteiger partial charge >= 0.3 is 89.4 Å². The van der Waals surface area contributed by atoms with E-state index in [0.29, 0.717) is 4.82 Å². The zero-order valence-electron chi connectivity index (χ0n) is 8.32. The maximum atomic E-state index is 12.2. The van der Waals surface area contributed by atoms with E-state index in [0.717, 1.165) is 4.46 Å². The maximum absolute atomic E-state index is 12.2. The summed E-state index contributed by atoms with van der Waals surface area (Å²) in [7, 11) is 0. The van der Waals surface area contributed by atoms with E-state index < -0.39 is 13.8 Å². The molecule has 0 radical (unpaired) electrons. The second kappa shape index (κ2) is 4.86. The Bertz CT molecular complexity index is 301. The Labute approximate surface area is 89.6 Å². The van der Waals surface area contributed by atoms with Crippen LogP contribution in [-0.4, -0.2) is 13.8 Å². The van der Waals surface area contributed by atoms with Crippen LogP contribution in [0.4, 0.5) is 0 Å². The summed E-state index contributed by atoms with van der Waals surface area (Å²) in [6.07, 6.45) is 6.26. The van der Waals surface area contributed by atoms with Crippen LogP contribution in [0.5, 0.6) is 0 Å². The molecule has 2 rings (SSSR count). The van der Waals surface area contributed by atoms with E-state index in [-0.39, 0.29) is 0 Å². The predicted molar refractivity (Wildman–Crippen MR) is 59.4 cm³/mol. The Morgan fingerprint density at radius 2 is 1.64 bits per heavy atom. The monoisotopic (exact) mass is 256 g/mol. The summed E-state index contributed by atoms with van der Waals surface area (Å²) in [5, 5.41) is 0. The summed E-state index contributed by atoms with van der Waals surface area (Å²) in [5.74, 6) is 0. The molecule has 1 fully saturated rings. The van der Waals surface area contributed by atoms with Crippen LogP contribution in [0.2, 0.25) is 4.82 Å². The summed E-state index contributed by atoms with van der Waals surface area (Å²) in [4.78, 5) is 0.506. The predicted octanol–water partition coefficient (Wildman–Crippen LogP) is 2.65. The van der Waals surface area contributed by atoms with Gasteiger partial charge in [0.1, 0.15) is 0 Å². The summed E-state index contributed by atoms with van der Waals surface area (Å²) < 4.78 is 13.3. The van der Waals surface area contributed by atoms with E-state index in [1.807, 2.05) is 30.3 Å². The van der Waals surface area contributed by atoms with E-state index in [2.05, 4.69) is 0 Å². The summed E-state index contributed by atoms with van der Waals surface area (Å²) in [5.41, 5.74) is 0. The summed E-state index contributed by atoms with van der Waals surface area (Å²) in [6.45, 7) is 0. The van der Waals surface area contributed by atoms with Gasteiger partial charge in [-0.2, -0.15) is 0 Å². The minimum atomic E-state index is -1.75. The first-order chi connectivity index (χ1) is 6.88. The molecular formula is C12H16OSe. The van der Waals surface area contributed by atoms with E-state index in [9.17, 15) is 3.83 Å². The molecule has 1 saturated carbocycles.